The molecule has 4 heteroatoms. The Hall–Kier alpha value is -2.46. The van der Waals surface area contributed by atoms with E-state index in [4.69, 9.17) is 0 Å². The summed E-state index contributed by atoms with van der Waals surface area (Å²) in [6.07, 6.45) is 3.34. The standard InChI is InChI=1S/C14H11NO2.C4H9N/c16-10-15-13-9-5-4-8-12(13)14(17)11-6-2-1-3-7-11;1-2-4-5-3-1/h1-10H,(H,15,16);5H,1-4H2. The Morgan fingerprint density at radius 3 is 2.18 bits per heavy atom. The maximum absolute atomic E-state index is 12.2. The molecule has 2 aromatic carbocycles. The largest absolute Gasteiger partial charge is 0.328 e. The van der Waals surface area contributed by atoms with E-state index in [0.717, 1.165) is 0 Å². The van der Waals surface area contributed by atoms with Crippen molar-refractivity contribution in [3.8, 4) is 0 Å². The number of para-hydroxylation sites is 1. The second kappa shape index (κ2) is 8.74. The molecule has 0 saturated carbocycles. The molecule has 0 bridgehead atoms. The van der Waals surface area contributed by atoms with Crippen molar-refractivity contribution < 1.29 is 9.59 Å². The van der Waals surface area contributed by atoms with E-state index >= 15 is 0 Å². The molecule has 3 rings (SSSR count). The zero-order valence-corrected chi connectivity index (χ0v) is 12.4. The molecular formula is C18H20N2O2. The second-order valence-corrected chi connectivity index (χ2v) is 4.96. The van der Waals surface area contributed by atoms with E-state index in [2.05, 4.69) is 10.6 Å². The Kier molecular flexibility index (Phi) is 6.33. The first kappa shape index (κ1) is 15.9. The first-order valence-corrected chi connectivity index (χ1v) is 7.42. The van der Waals surface area contributed by atoms with Gasteiger partial charge in [0, 0.05) is 11.1 Å². The average molecular weight is 296 g/mol. The van der Waals surface area contributed by atoms with Crippen LogP contribution in [0.15, 0.2) is 54.6 Å². The zero-order chi connectivity index (χ0) is 15.6. The normalized spacial score (nSPS) is 12.9. The molecular weight excluding hydrogens is 276 g/mol. The summed E-state index contributed by atoms with van der Waals surface area (Å²) in [4.78, 5) is 22.6. The van der Waals surface area contributed by atoms with Crippen molar-refractivity contribution in [2.75, 3.05) is 18.4 Å². The number of hydrogen-bond donors (Lipinski definition) is 2. The van der Waals surface area contributed by atoms with E-state index in [1.165, 1.54) is 25.9 Å². The summed E-state index contributed by atoms with van der Waals surface area (Å²) in [6.45, 7) is 2.50. The van der Waals surface area contributed by atoms with E-state index < -0.39 is 0 Å². The van der Waals surface area contributed by atoms with Crippen LogP contribution in [0.1, 0.15) is 28.8 Å². The maximum atomic E-state index is 12.2. The Bertz CT molecular complexity index is 600. The van der Waals surface area contributed by atoms with Crippen molar-refractivity contribution >= 4 is 17.9 Å². The van der Waals surface area contributed by atoms with Gasteiger partial charge in [0.05, 0.1) is 5.69 Å². The smallest absolute Gasteiger partial charge is 0.211 e. The maximum Gasteiger partial charge on any atom is 0.211 e. The summed E-state index contributed by atoms with van der Waals surface area (Å²) in [5.74, 6) is -0.101. The fraction of sp³-hybridized carbons (Fsp3) is 0.222. The van der Waals surface area contributed by atoms with Crippen molar-refractivity contribution in [2.45, 2.75) is 12.8 Å². The lowest BCUT2D eigenvalue weighted by Gasteiger charge is -2.06. The monoisotopic (exact) mass is 296 g/mol. The predicted molar refractivity (Wildman–Crippen MR) is 88.1 cm³/mol. The molecule has 0 atom stereocenters. The van der Waals surface area contributed by atoms with Crippen molar-refractivity contribution in [3.63, 3.8) is 0 Å². The third-order valence-corrected chi connectivity index (χ3v) is 3.38. The topological polar surface area (TPSA) is 58.2 Å². The van der Waals surface area contributed by atoms with Gasteiger partial charge in [-0.3, -0.25) is 9.59 Å². The Morgan fingerprint density at radius 1 is 0.955 bits per heavy atom. The average Bonchev–Trinajstić information content (AvgIpc) is 3.16. The van der Waals surface area contributed by atoms with E-state index in [9.17, 15) is 9.59 Å². The summed E-state index contributed by atoms with van der Waals surface area (Å²) in [7, 11) is 0. The number of amides is 1. The van der Waals surface area contributed by atoms with E-state index in [1.807, 2.05) is 18.2 Å². The minimum absolute atomic E-state index is 0.101. The predicted octanol–water partition coefficient (Wildman–Crippen LogP) is 2.86. The van der Waals surface area contributed by atoms with Crippen LogP contribution in [0.5, 0.6) is 0 Å². The molecule has 1 aliphatic rings. The van der Waals surface area contributed by atoms with Gasteiger partial charge in [0.25, 0.3) is 0 Å². The van der Waals surface area contributed by atoms with E-state index in [0.29, 0.717) is 23.2 Å². The Balaban J connectivity index is 0.000000299. The number of hydrogen-bond acceptors (Lipinski definition) is 3. The second-order valence-electron chi connectivity index (χ2n) is 4.96. The molecule has 1 heterocycles. The minimum atomic E-state index is -0.101. The van der Waals surface area contributed by atoms with Crippen molar-refractivity contribution in [3.05, 3.63) is 65.7 Å². The van der Waals surface area contributed by atoms with Gasteiger partial charge in [0.15, 0.2) is 5.78 Å². The number of anilines is 1. The van der Waals surface area contributed by atoms with Crippen LogP contribution in [0.2, 0.25) is 0 Å². The Labute approximate surface area is 130 Å². The number of nitrogens with one attached hydrogen (secondary N) is 2. The summed E-state index contributed by atoms with van der Waals surface area (Å²) in [5.41, 5.74) is 1.62. The molecule has 0 aromatic heterocycles. The quantitative estimate of drug-likeness (QED) is 0.674. The lowest BCUT2D eigenvalue weighted by molar-refractivity contribution is -0.105. The van der Waals surface area contributed by atoms with Gasteiger partial charge in [0.2, 0.25) is 6.41 Å². The Morgan fingerprint density at radius 2 is 1.59 bits per heavy atom. The lowest BCUT2D eigenvalue weighted by atomic mass is 10.0. The first-order chi connectivity index (χ1) is 10.8. The van der Waals surface area contributed by atoms with Gasteiger partial charge in [-0.05, 0) is 38.1 Å². The summed E-state index contributed by atoms with van der Waals surface area (Å²) in [6, 6.07) is 15.9. The van der Waals surface area contributed by atoms with Crippen LogP contribution < -0.4 is 10.6 Å². The van der Waals surface area contributed by atoms with Crippen LogP contribution in [-0.2, 0) is 4.79 Å². The van der Waals surface area contributed by atoms with Crippen molar-refractivity contribution in [1.29, 1.82) is 0 Å². The summed E-state index contributed by atoms with van der Waals surface area (Å²) in [5, 5.41) is 5.75. The molecule has 1 aliphatic heterocycles. The molecule has 22 heavy (non-hydrogen) atoms. The van der Waals surface area contributed by atoms with Gasteiger partial charge in [-0.2, -0.15) is 0 Å². The van der Waals surface area contributed by atoms with Crippen molar-refractivity contribution in [2.24, 2.45) is 0 Å². The van der Waals surface area contributed by atoms with Gasteiger partial charge < -0.3 is 10.6 Å². The van der Waals surface area contributed by atoms with Gasteiger partial charge in [-0.15, -0.1) is 0 Å². The molecule has 0 unspecified atom stereocenters. The molecule has 0 spiro atoms. The number of ketones is 1. The van der Waals surface area contributed by atoms with Gasteiger partial charge in [0.1, 0.15) is 0 Å². The van der Waals surface area contributed by atoms with Crippen LogP contribution in [0.25, 0.3) is 0 Å². The van der Waals surface area contributed by atoms with E-state index in [1.54, 1.807) is 36.4 Å². The molecule has 1 amide bonds. The molecule has 2 aromatic rings. The van der Waals surface area contributed by atoms with Crippen LogP contribution in [0.3, 0.4) is 0 Å². The van der Waals surface area contributed by atoms with Crippen LogP contribution in [-0.4, -0.2) is 25.3 Å². The molecule has 114 valence electrons. The minimum Gasteiger partial charge on any atom is -0.328 e. The summed E-state index contributed by atoms with van der Waals surface area (Å²) >= 11 is 0. The SMILES string of the molecule is C1CCNC1.O=CNc1ccccc1C(=O)c1ccccc1. The van der Waals surface area contributed by atoms with E-state index in [-0.39, 0.29) is 5.78 Å². The molecule has 1 fully saturated rings. The number of carbonyl (C=O) groups excluding carboxylic acids is 2. The first-order valence-electron chi connectivity index (χ1n) is 7.42. The van der Waals surface area contributed by atoms with Gasteiger partial charge in [-0.1, -0.05) is 42.5 Å². The highest BCUT2D eigenvalue weighted by molar-refractivity contribution is 6.12. The third-order valence-electron chi connectivity index (χ3n) is 3.38. The highest BCUT2D eigenvalue weighted by Gasteiger charge is 2.12. The highest BCUT2D eigenvalue weighted by atomic mass is 16.1. The number of rotatable bonds is 4. The number of carbonyl (C=O) groups is 2. The molecule has 1 saturated heterocycles. The summed E-state index contributed by atoms with van der Waals surface area (Å²) < 4.78 is 0. The number of benzene rings is 2. The van der Waals surface area contributed by atoms with Crippen molar-refractivity contribution in [1.82, 2.24) is 5.32 Å². The van der Waals surface area contributed by atoms with Crippen LogP contribution in [0, 0.1) is 0 Å². The third kappa shape index (κ3) is 4.53. The highest BCUT2D eigenvalue weighted by Crippen LogP contribution is 2.18. The van der Waals surface area contributed by atoms with Gasteiger partial charge >= 0.3 is 0 Å². The van der Waals surface area contributed by atoms with Gasteiger partial charge in [-0.25, -0.2) is 0 Å². The lowest BCUT2D eigenvalue weighted by Crippen LogP contribution is -2.06. The fourth-order valence-electron chi connectivity index (χ4n) is 2.24. The fourth-order valence-corrected chi connectivity index (χ4v) is 2.24. The molecule has 0 aliphatic carbocycles. The molecule has 2 N–H and O–H groups in total. The zero-order valence-electron chi connectivity index (χ0n) is 12.4. The molecule has 4 nitrogen and oxygen atoms in total. The molecule has 0 radical (unpaired) electrons. The van der Waals surface area contributed by atoms with Crippen LogP contribution >= 0.6 is 0 Å². The van der Waals surface area contributed by atoms with Crippen LogP contribution in [0.4, 0.5) is 5.69 Å².